The maximum Gasteiger partial charge on any atom is 0.257 e. The van der Waals surface area contributed by atoms with Crippen LogP contribution in [0.3, 0.4) is 0 Å². The Morgan fingerprint density at radius 1 is 1.03 bits per heavy atom. The van der Waals surface area contributed by atoms with Gasteiger partial charge in [-0.15, -0.1) is 0 Å². The van der Waals surface area contributed by atoms with Crippen LogP contribution in [0.1, 0.15) is 15.9 Å². The quantitative estimate of drug-likeness (QED) is 0.479. The van der Waals surface area contributed by atoms with Crippen LogP contribution in [-0.2, 0) is 6.54 Å². The van der Waals surface area contributed by atoms with Gasteiger partial charge in [0.2, 0.25) is 0 Å². The SMILES string of the molecule is COc1ccc(Cn2ncc3cc(C(=O)Nc4ccc(N(C)C)cc4)cnc32)c(OC)c1. The molecule has 4 aromatic rings. The summed E-state index contributed by atoms with van der Waals surface area (Å²) in [5.41, 5.74) is 3.89. The molecule has 0 atom stereocenters. The van der Waals surface area contributed by atoms with Crippen LogP contribution in [0.15, 0.2) is 60.9 Å². The lowest BCUT2D eigenvalue weighted by Gasteiger charge is -2.13. The highest BCUT2D eigenvalue weighted by molar-refractivity contribution is 6.05. The van der Waals surface area contributed by atoms with Gasteiger partial charge >= 0.3 is 0 Å². The van der Waals surface area contributed by atoms with Crippen molar-refractivity contribution in [3.05, 3.63) is 72.1 Å². The minimum absolute atomic E-state index is 0.221. The van der Waals surface area contributed by atoms with E-state index in [0.717, 1.165) is 28.1 Å². The van der Waals surface area contributed by atoms with Crippen molar-refractivity contribution < 1.29 is 14.3 Å². The Morgan fingerprint density at radius 3 is 2.50 bits per heavy atom. The fourth-order valence-corrected chi connectivity index (χ4v) is 3.40. The Kier molecular flexibility index (Phi) is 5.93. The number of ether oxygens (including phenoxy) is 2. The van der Waals surface area contributed by atoms with Crippen LogP contribution in [0, 0.1) is 0 Å². The van der Waals surface area contributed by atoms with Crippen molar-refractivity contribution in [1.82, 2.24) is 14.8 Å². The van der Waals surface area contributed by atoms with Gasteiger partial charge in [-0.1, -0.05) is 0 Å². The van der Waals surface area contributed by atoms with Crippen LogP contribution in [0.2, 0.25) is 0 Å². The number of carbonyl (C=O) groups excluding carboxylic acids is 1. The molecule has 2 aromatic carbocycles. The Morgan fingerprint density at radius 2 is 1.81 bits per heavy atom. The second-order valence-corrected chi connectivity index (χ2v) is 7.51. The van der Waals surface area contributed by atoms with E-state index in [2.05, 4.69) is 15.4 Å². The fourth-order valence-electron chi connectivity index (χ4n) is 3.40. The van der Waals surface area contributed by atoms with Gasteiger partial charge in [0, 0.05) is 48.7 Å². The molecule has 0 spiro atoms. The van der Waals surface area contributed by atoms with Gasteiger partial charge in [-0.3, -0.25) is 4.79 Å². The topological polar surface area (TPSA) is 81.5 Å². The third-order valence-corrected chi connectivity index (χ3v) is 5.19. The van der Waals surface area contributed by atoms with Crippen molar-refractivity contribution in [2.24, 2.45) is 0 Å². The van der Waals surface area contributed by atoms with E-state index >= 15 is 0 Å². The Hall–Kier alpha value is -4.07. The summed E-state index contributed by atoms with van der Waals surface area (Å²) in [6.45, 7) is 0.480. The van der Waals surface area contributed by atoms with Crippen molar-refractivity contribution >= 4 is 28.3 Å². The van der Waals surface area contributed by atoms with E-state index in [1.165, 1.54) is 0 Å². The molecule has 0 saturated carbocycles. The summed E-state index contributed by atoms with van der Waals surface area (Å²) in [5, 5.41) is 8.14. The predicted octanol–water partition coefficient (Wildman–Crippen LogP) is 3.82. The van der Waals surface area contributed by atoms with Crippen molar-refractivity contribution in [3.63, 3.8) is 0 Å². The normalized spacial score (nSPS) is 10.8. The molecular weight excluding hydrogens is 406 g/mol. The minimum Gasteiger partial charge on any atom is -0.497 e. The molecule has 1 amide bonds. The number of fused-ring (bicyclic) bond motifs is 1. The third-order valence-electron chi connectivity index (χ3n) is 5.19. The Bertz CT molecular complexity index is 1250. The number of pyridine rings is 1. The van der Waals surface area contributed by atoms with Crippen LogP contribution in [-0.4, -0.2) is 49.0 Å². The molecule has 0 unspecified atom stereocenters. The average Bonchev–Trinajstić information content (AvgIpc) is 3.21. The molecule has 2 aromatic heterocycles. The standard InChI is InChI=1S/C24H25N5O3/c1-28(2)20-8-6-19(7-9-20)27-24(30)18-11-17-14-26-29(23(17)25-13-18)15-16-5-10-21(31-3)12-22(16)32-4/h5-14H,15H2,1-4H3,(H,27,30). The maximum absolute atomic E-state index is 12.7. The number of methoxy groups -OCH3 is 2. The zero-order valence-corrected chi connectivity index (χ0v) is 18.5. The number of hydrogen-bond acceptors (Lipinski definition) is 6. The summed E-state index contributed by atoms with van der Waals surface area (Å²) in [6.07, 6.45) is 3.27. The van der Waals surface area contributed by atoms with Gasteiger partial charge < -0.3 is 19.7 Å². The van der Waals surface area contributed by atoms with Gasteiger partial charge in [0.05, 0.1) is 32.5 Å². The van der Waals surface area contributed by atoms with E-state index in [9.17, 15) is 4.79 Å². The monoisotopic (exact) mass is 431 g/mol. The fraction of sp³-hybridized carbons (Fsp3) is 0.208. The molecule has 4 rings (SSSR count). The number of aromatic nitrogens is 3. The van der Waals surface area contributed by atoms with Crippen molar-refractivity contribution in [3.8, 4) is 11.5 Å². The second kappa shape index (κ2) is 8.97. The van der Waals surface area contributed by atoms with Crippen LogP contribution < -0.4 is 19.7 Å². The van der Waals surface area contributed by atoms with E-state index < -0.39 is 0 Å². The first-order valence-corrected chi connectivity index (χ1v) is 10.1. The highest BCUT2D eigenvalue weighted by atomic mass is 16.5. The van der Waals surface area contributed by atoms with Gasteiger partial charge in [0.15, 0.2) is 5.65 Å². The van der Waals surface area contributed by atoms with Gasteiger partial charge in [-0.05, 0) is 42.5 Å². The average molecular weight is 431 g/mol. The van der Waals surface area contributed by atoms with E-state index in [1.54, 1.807) is 37.4 Å². The predicted molar refractivity (Wildman–Crippen MR) is 125 cm³/mol. The Labute approximate surface area is 186 Å². The molecule has 8 heteroatoms. The highest BCUT2D eigenvalue weighted by Gasteiger charge is 2.13. The van der Waals surface area contributed by atoms with Gasteiger partial charge in [0.1, 0.15) is 11.5 Å². The van der Waals surface area contributed by atoms with Crippen LogP contribution in [0.25, 0.3) is 11.0 Å². The number of hydrogen-bond donors (Lipinski definition) is 1. The van der Waals surface area contributed by atoms with Crippen molar-refractivity contribution in [1.29, 1.82) is 0 Å². The summed E-state index contributed by atoms with van der Waals surface area (Å²) in [6, 6.07) is 15.1. The molecular formula is C24H25N5O3. The molecule has 0 saturated heterocycles. The number of carbonyl (C=O) groups is 1. The number of nitrogens with one attached hydrogen (secondary N) is 1. The first kappa shape index (κ1) is 21.2. The number of anilines is 2. The number of nitrogens with zero attached hydrogens (tertiary/aromatic N) is 4. The van der Waals surface area contributed by atoms with Gasteiger partial charge in [0.25, 0.3) is 5.91 Å². The van der Waals surface area contributed by atoms with E-state index in [4.69, 9.17) is 9.47 Å². The van der Waals surface area contributed by atoms with Crippen LogP contribution in [0.5, 0.6) is 11.5 Å². The number of benzene rings is 2. The van der Waals surface area contributed by atoms with E-state index in [1.807, 2.05) is 61.5 Å². The third kappa shape index (κ3) is 4.34. The zero-order chi connectivity index (χ0) is 22.7. The summed E-state index contributed by atoms with van der Waals surface area (Å²) >= 11 is 0. The minimum atomic E-state index is -0.221. The van der Waals surface area contributed by atoms with Gasteiger partial charge in [-0.2, -0.15) is 5.10 Å². The molecule has 2 heterocycles. The summed E-state index contributed by atoms with van der Waals surface area (Å²) < 4.78 is 12.5. The van der Waals surface area contributed by atoms with Crippen LogP contribution in [0.4, 0.5) is 11.4 Å². The largest absolute Gasteiger partial charge is 0.497 e. The molecule has 0 aliphatic heterocycles. The molecule has 0 bridgehead atoms. The summed E-state index contributed by atoms with van der Waals surface area (Å²) in [7, 11) is 7.18. The lowest BCUT2D eigenvalue weighted by molar-refractivity contribution is 0.102. The number of rotatable bonds is 7. The first-order chi connectivity index (χ1) is 15.5. The Balaban J connectivity index is 1.53. The summed E-state index contributed by atoms with van der Waals surface area (Å²) in [5.74, 6) is 1.21. The van der Waals surface area contributed by atoms with Crippen molar-refractivity contribution in [2.75, 3.05) is 38.5 Å². The van der Waals surface area contributed by atoms with E-state index in [0.29, 0.717) is 23.5 Å². The smallest absolute Gasteiger partial charge is 0.257 e. The zero-order valence-electron chi connectivity index (χ0n) is 18.5. The molecule has 0 fully saturated rings. The second-order valence-electron chi connectivity index (χ2n) is 7.51. The highest BCUT2D eigenvalue weighted by Crippen LogP contribution is 2.26. The lowest BCUT2D eigenvalue weighted by Crippen LogP contribution is -2.13. The molecule has 8 nitrogen and oxygen atoms in total. The molecule has 0 aliphatic rings. The van der Waals surface area contributed by atoms with E-state index in [-0.39, 0.29) is 5.91 Å². The van der Waals surface area contributed by atoms with Crippen molar-refractivity contribution in [2.45, 2.75) is 6.54 Å². The number of amides is 1. The van der Waals surface area contributed by atoms with Crippen LogP contribution >= 0.6 is 0 Å². The molecule has 32 heavy (non-hydrogen) atoms. The molecule has 0 aliphatic carbocycles. The maximum atomic E-state index is 12.7. The lowest BCUT2D eigenvalue weighted by atomic mass is 10.2. The first-order valence-electron chi connectivity index (χ1n) is 10.1. The molecule has 1 N–H and O–H groups in total. The van der Waals surface area contributed by atoms with Gasteiger partial charge in [-0.25, -0.2) is 9.67 Å². The molecule has 164 valence electrons. The summed E-state index contributed by atoms with van der Waals surface area (Å²) in [4.78, 5) is 19.2. The molecule has 0 radical (unpaired) electrons.